The number of halogens is 3. The van der Waals surface area contributed by atoms with Gasteiger partial charge in [0.1, 0.15) is 0 Å². The van der Waals surface area contributed by atoms with Gasteiger partial charge in [-0.05, 0) is 0 Å². The minimum atomic E-state index is -0.417. The molecule has 0 saturated carbocycles. The third-order valence-corrected chi connectivity index (χ3v) is 0. The molecule has 0 aromatic rings. The van der Waals surface area contributed by atoms with Gasteiger partial charge >= 0.3 is 19.5 Å². The van der Waals surface area contributed by atoms with Crippen molar-refractivity contribution in [3.8, 4) is 0 Å². The molecule has 0 aliphatic rings. The number of hydrogen-bond donors (Lipinski definition) is 0. The zero-order valence-electron chi connectivity index (χ0n) is 3.92. The van der Waals surface area contributed by atoms with Gasteiger partial charge in [-0.25, -0.2) is 0 Å². The van der Waals surface area contributed by atoms with Crippen molar-refractivity contribution in [2.24, 2.45) is 0 Å². The summed E-state index contributed by atoms with van der Waals surface area (Å²) in [6.07, 6.45) is 0. The van der Waals surface area contributed by atoms with Crippen molar-refractivity contribution >= 4 is 0 Å². The zero-order valence-corrected chi connectivity index (χ0v) is 7.82. The number of rotatable bonds is 0. The normalized spacial score (nSPS) is 5.40. The van der Waals surface area contributed by atoms with Crippen LogP contribution in [0.3, 0.4) is 0 Å². The van der Waals surface area contributed by atoms with Crippen LogP contribution in [-0.2, 0) is 19.5 Å². The van der Waals surface area contributed by atoms with Crippen molar-refractivity contribution < 1.29 is 81.4 Å². The molecule has 0 aromatic carbocycles. The summed E-state index contributed by atoms with van der Waals surface area (Å²) < 4.78 is 49.4. The first-order chi connectivity index (χ1) is 4.24. The van der Waals surface area contributed by atoms with Gasteiger partial charge in [0, 0.05) is 0 Å². The van der Waals surface area contributed by atoms with Gasteiger partial charge in [0.2, 0.25) is 0 Å². The molecule has 0 fully saturated rings. The molecule has 6 nitrogen and oxygen atoms in total. The maximum absolute atomic E-state index is 8.24. The van der Waals surface area contributed by atoms with Crippen LogP contribution in [0.4, 0.5) is 0 Å². The fourth-order valence-corrected chi connectivity index (χ4v) is 0. The molecular formula is Cl3O6Rh. The van der Waals surface area contributed by atoms with Gasteiger partial charge in [-0.3, -0.25) is 0 Å². The summed E-state index contributed by atoms with van der Waals surface area (Å²) in [4.78, 5) is 0. The van der Waals surface area contributed by atoms with E-state index in [1.165, 1.54) is 0 Å². The van der Waals surface area contributed by atoms with Crippen LogP contribution in [-0.4, -0.2) is 0 Å². The Balaban J connectivity index is -0.0000000257. The fraction of sp³-hybridized carbons (Fsp3) is 0. The molecule has 0 N–H and O–H groups in total. The molecular weight excluding hydrogens is 305 g/mol. The van der Waals surface area contributed by atoms with Gasteiger partial charge in [-0.1, -0.05) is 0 Å². The molecule has 0 unspecified atom stereocenters. The topological polar surface area (TPSA) is 138 Å². The van der Waals surface area contributed by atoms with E-state index < -0.39 is 34.0 Å². The molecule has 0 aliphatic heterocycles. The Kier molecular flexibility index (Phi) is 109. The second-order valence-electron chi connectivity index (χ2n) is 0.189. The van der Waals surface area contributed by atoms with Crippen LogP contribution in [0.15, 0.2) is 0 Å². The van der Waals surface area contributed by atoms with Crippen LogP contribution >= 0.6 is 0 Å². The van der Waals surface area contributed by atoms with E-state index >= 15 is 0 Å². The predicted octanol–water partition coefficient (Wildman–Crippen LogP) is -7.14. The molecule has 0 rings (SSSR count). The van der Waals surface area contributed by atoms with Crippen LogP contribution < -0.4 is 28.0 Å². The Morgan fingerprint density at radius 3 is 0.500 bits per heavy atom. The van der Waals surface area contributed by atoms with E-state index in [1.807, 2.05) is 0 Å². The summed E-state index contributed by atoms with van der Waals surface area (Å²) in [6.45, 7) is 0. The molecule has 0 saturated heterocycles. The summed E-state index contributed by atoms with van der Waals surface area (Å²) in [7, 11) is 0. The maximum atomic E-state index is 8.24. The minimum Gasteiger partial charge on any atom is -0.544 e. The first-order valence-electron chi connectivity index (χ1n) is 0.926. The van der Waals surface area contributed by atoms with Crippen molar-refractivity contribution in [3.05, 3.63) is 0 Å². The van der Waals surface area contributed by atoms with Crippen molar-refractivity contribution in [2.45, 2.75) is 0 Å². The smallest absolute Gasteiger partial charge is 0.544 e. The molecule has 0 spiro atoms. The first-order valence-corrected chi connectivity index (χ1v) is 2.78. The Bertz CT molecular complexity index is 17.7. The van der Waals surface area contributed by atoms with Gasteiger partial charge in [-0.15, -0.1) is 0 Å². The van der Waals surface area contributed by atoms with E-state index in [1.54, 1.807) is 0 Å². The van der Waals surface area contributed by atoms with Crippen LogP contribution in [0, 0.1) is 34.0 Å². The molecule has 10 heavy (non-hydrogen) atoms. The van der Waals surface area contributed by atoms with E-state index in [0.717, 1.165) is 0 Å². The predicted molar refractivity (Wildman–Crippen MR) is 0 cm³/mol. The van der Waals surface area contributed by atoms with Crippen LogP contribution in [0.1, 0.15) is 0 Å². The standard InChI is InChI=1S/3ClO2.Rh/c3*2-1-3;/q3*-1;+3. The Morgan fingerprint density at radius 1 is 0.500 bits per heavy atom. The molecule has 66 valence electrons. The second kappa shape index (κ2) is 48.5. The number of hydrogen-bond acceptors (Lipinski definition) is 6. The molecule has 0 aromatic heterocycles. The molecule has 0 aliphatic carbocycles. The maximum Gasteiger partial charge on any atom is 3.00 e. The first kappa shape index (κ1) is 22.5. The average molecular weight is 305 g/mol. The van der Waals surface area contributed by atoms with E-state index in [9.17, 15) is 0 Å². The zero-order chi connectivity index (χ0) is 8.12. The SMILES string of the molecule is [O-][Cl+][O-].[O-][Cl+][O-].[O-][Cl+][O-].[Rh+3]. The van der Waals surface area contributed by atoms with Crippen LogP contribution in [0.2, 0.25) is 0 Å². The van der Waals surface area contributed by atoms with Crippen molar-refractivity contribution in [1.29, 1.82) is 0 Å². The van der Waals surface area contributed by atoms with Crippen LogP contribution in [0.25, 0.3) is 0 Å². The minimum absolute atomic E-state index is 0. The fourth-order valence-electron chi connectivity index (χ4n) is 0. The Morgan fingerprint density at radius 2 is 0.500 bits per heavy atom. The van der Waals surface area contributed by atoms with Crippen molar-refractivity contribution in [3.63, 3.8) is 0 Å². The van der Waals surface area contributed by atoms with Gasteiger partial charge in [0.05, 0.1) is 34.0 Å². The molecule has 0 amide bonds. The summed E-state index contributed by atoms with van der Waals surface area (Å²) in [5, 5.41) is 0. The van der Waals surface area contributed by atoms with Gasteiger partial charge < -0.3 is 28.0 Å². The second-order valence-corrected chi connectivity index (χ2v) is 0.567. The summed E-state index contributed by atoms with van der Waals surface area (Å²) in [5.74, 6) is 0. The summed E-state index contributed by atoms with van der Waals surface area (Å²) >= 11 is -1.25. The molecule has 0 bridgehead atoms. The molecule has 0 radical (unpaired) electrons. The van der Waals surface area contributed by atoms with Crippen LogP contribution in [0.5, 0.6) is 0 Å². The van der Waals surface area contributed by atoms with Gasteiger partial charge in [0.15, 0.2) is 0 Å². The average Bonchev–Trinajstić information content (AvgIpc) is 1.70. The molecule has 0 heterocycles. The van der Waals surface area contributed by atoms with Crippen molar-refractivity contribution in [1.82, 2.24) is 0 Å². The molecule has 0 atom stereocenters. The monoisotopic (exact) mass is 304 g/mol. The largest absolute Gasteiger partial charge is 3.00 e. The van der Waals surface area contributed by atoms with Gasteiger partial charge in [0.25, 0.3) is 0 Å². The van der Waals surface area contributed by atoms with Gasteiger partial charge in [-0.2, -0.15) is 0 Å². The summed E-state index contributed by atoms with van der Waals surface area (Å²) in [5.41, 5.74) is 0. The third-order valence-electron chi connectivity index (χ3n) is 0. The molecule has 10 heteroatoms. The summed E-state index contributed by atoms with van der Waals surface area (Å²) in [6, 6.07) is 0. The Hall–Kier alpha value is 1.25. The van der Waals surface area contributed by atoms with E-state index in [-0.39, 0.29) is 19.5 Å². The van der Waals surface area contributed by atoms with Crippen molar-refractivity contribution in [2.75, 3.05) is 0 Å². The van der Waals surface area contributed by atoms with E-state index in [0.29, 0.717) is 0 Å². The Labute approximate surface area is 81.4 Å². The van der Waals surface area contributed by atoms with E-state index in [4.69, 9.17) is 28.0 Å². The quantitative estimate of drug-likeness (QED) is 0.407. The third kappa shape index (κ3) is 401. The van der Waals surface area contributed by atoms with E-state index in [2.05, 4.69) is 0 Å².